The van der Waals surface area contributed by atoms with Crippen molar-refractivity contribution in [1.82, 2.24) is 4.90 Å². The average Bonchev–Trinajstić information content (AvgIpc) is 2.90. The molecule has 23 heavy (non-hydrogen) atoms. The minimum atomic E-state index is -0.104. The highest BCUT2D eigenvalue weighted by Crippen LogP contribution is 2.30. The minimum absolute atomic E-state index is 0.104. The molecule has 0 bridgehead atoms. The SMILES string of the molecule is Cc1c(C(=O)N(C)C)oc2c1/C(=N/Nc1ccccc1)CCC2. The monoisotopic (exact) mass is 311 g/mol. The second-order valence-corrected chi connectivity index (χ2v) is 5.94. The summed E-state index contributed by atoms with van der Waals surface area (Å²) in [4.78, 5) is 13.8. The summed E-state index contributed by atoms with van der Waals surface area (Å²) in [7, 11) is 3.46. The van der Waals surface area contributed by atoms with E-state index in [2.05, 4.69) is 10.5 Å². The molecule has 0 unspecified atom stereocenters. The van der Waals surface area contributed by atoms with Crippen molar-refractivity contribution in [2.24, 2.45) is 5.10 Å². The Morgan fingerprint density at radius 2 is 1.96 bits per heavy atom. The van der Waals surface area contributed by atoms with Gasteiger partial charge in [0, 0.05) is 31.6 Å². The van der Waals surface area contributed by atoms with Gasteiger partial charge >= 0.3 is 0 Å². The van der Waals surface area contributed by atoms with Crippen LogP contribution < -0.4 is 5.43 Å². The second-order valence-electron chi connectivity index (χ2n) is 5.94. The van der Waals surface area contributed by atoms with Crippen molar-refractivity contribution in [3.63, 3.8) is 0 Å². The molecule has 0 spiro atoms. The molecule has 1 N–H and O–H groups in total. The van der Waals surface area contributed by atoms with Crippen molar-refractivity contribution in [2.45, 2.75) is 26.2 Å². The lowest BCUT2D eigenvalue weighted by Crippen LogP contribution is -2.22. The van der Waals surface area contributed by atoms with Crippen LogP contribution >= 0.6 is 0 Å². The quantitative estimate of drug-likeness (QED) is 0.883. The third kappa shape index (κ3) is 2.99. The standard InChI is InChI=1S/C18H21N3O2/c1-12-16-14(20-19-13-8-5-4-6-9-13)10-7-11-15(16)23-17(12)18(22)21(2)3/h4-6,8-9,19H,7,10-11H2,1-3H3/b20-14+. The Morgan fingerprint density at radius 3 is 2.65 bits per heavy atom. The van der Waals surface area contributed by atoms with Gasteiger partial charge in [0.15, 0.2) is 5.76 Å². The number of carbonyl (C=O) groups is 1. The predicted molar refractivity (Wildman–Crippen MR) is 91.0 cm³/mol. The van der Waals surface area contributed by atoms with E-state index in [9.17, 15) is 4.79 Å². The van der Waals surface area contributed by atoms with E-state index in [-0.39, 0.29) is 5.91 Å². The van der Waals surface area contributed by atoms with Crippen LogP contribution in [0.25, 0.3) is 0 Å². The third-order valence-electron chi connectivity index (χ3n) is 4.02. The van der Waals surface area contributed by atoms with E-state index in [0.717, 1.165) is 47.5 Å². The van der Waals surface area contributed by atoms with Crippen LogP contribution in [0.5, 0.6) is 0 Å². The summed E-state index contributed by atoms with van der Waals surface area (Å²) >= 11 is 0. The topological polar surface area (TPSA) is 57.8 Å². The van der Waals surface area contributed by atoms with Gasteiger partial charge < -0.3 is 9.32 Å². The number of rotatable bonds is 3. The molecule has 5 nitrogen and oxygen atoms in total. The molecule has 1 aromatic carbocycles. The van der Waals surface area contributed by atoms with Crippen LogP contribution in [0.3, 0.4) is 0 Å². The Kier molecular flexibility index (Phi) is 4.19. The van der Waals surface area contributed by atoms with Crippen molar-refractivity contribution >= 4 is 17.3 Å². The number of hydrazone groups is 1. The molecule has 0 radical (unpaired) electrons. The molecule has 3 rings (SSSR count). The van der Waals surface area contributed by atoms with Crippen molar-refractivity contribution in [1.29, 1.82) is 0 Å². The number of furan rings is 1. The largest absolute Gasteiger partial charge is 0.455 e. The predicted octanol–water partition coefficient (Wildman–Crippen LogP) is 3.44. The molecule has 5 heteroatoms. The van der Waals surface area contributed by atoms with Gasteiger partial charge in [0.25, 0.3) is 5.91 Å². The lowest BCUT2D eigenvalue weighted by molar-refractivity contribution is 0.0794. The Bertz CT molecular complexity index is 745. The Morgan fingerprint density at radius 1 is 1.22 bits per heavy atom. The normalized spacial score (nSPS) is 15.3. The van der Waals surface area contributed by atoms with E-state index < -0.39 is 0 Å². The van der Waals surface area contributed by atoms with Gasteiger partial charge in [-0.2, -0.15) is 5.10 Å². The molecule has 0 fully saturated rings. The van der Waals surface area contributed by atoms with Gasteiger partial charge in [0.1, 0.15) is 5.76 Å². The van der Waals surface area contributed by atoms with Crippen LogP contribution in [0.2, 0.25) is 0 Å². The number of aryl methyl sites for hydroxylation is 1. The molecule has 0 aliphatic heterocycles. The number of para-hydroxylation sites is 1. The first-order valence-electron chi connectivity index (χ1n) is 7.80. The highest BCUT2D eigenvalue weighted by atomic mass is 16.4. The molecule has 1 amide bonds. The van der Waals surface area contributed by atoms with E-state index in [0.29, 0.717) is 5.76 Å². The van der Waals surface area contributed by atoms with Crippen molar-refractivity contribution in [2.75, 3.05) is 19.5 Å². The van der Waals surface area contributed by atoms with Crippen molar-refractivity contribution < 1.29 is 9.21 Å². The summed E-state index contributed by atoms with van der Waals surface area (Å²) in [5.74, 6) is 1.19. The van der Waals surface area contributed by atoms with Gasteiger partial charge in [-0.1, -0.05) is 18.2 Å². The van der Waals surface area contributed by atoms with Crippen LogP contribution in [0.15, 0.2) is 39.9 Å². The Hall–Kier alpha value is -2.56. The maximum Gasteiger partial charge on any atom is 0.289 e. The molecular formula is C18H21N3O2. The first kappa shape index (κ1) is 15.3. The Labute approximate surface area is 136 Å². The molecule has 1 aliphatic carbocycles. The molecule has 0 saturated carbocycles. The maximum atomic E-state index is 12.2. The smallest absolute Gasteiger partial charge is 0.289 e. The van der Waals surface area contributed by atoms with Gasteiger partial charge in [-0.25, -0.2) is 0 Å². The average molecular weight is 311 g/mol. The van der Waals surface area contributed by atoms with Crippen LogP contribution in [0.1, 0.15) is 40.3 Å². The van der Waals surface area contributed by atoms with Crippen LogP contribution in [0.4, 0.5) is 5.69 Å². The number of hydrogen-bond donors (Lipinski definition) is 1. The van der Waals surface area contributed by atoms with Crippen LogP contribution in [-0.4, -0.2) is 30.6 Å². The number of nitrogens with zero attached hydrogens (tertiary/aromatic N) is 2. The molecule has 0 atom stereocenters. The van der Waals surface area contributed by atoms with Gasteiger partial charge in [0.2, 0.25) is 0 Å². The van der Waals surface area contributed by atoms with E-state index in [4.69, 9.17) is 4.42 Å². The number of anilines is 1. The fourth-order valence-electron chi connectivity index (χ4n) is 2.83. The molecule has 2 aromatic rings. The second kappa shape index (κ2) is 6.28. The lowest BCUT2D eigenvalue weighted by atomic mass is 9.93. The third-order valence-corrected chi connectivity index (χ3v) is 4.02. The molecule has 1 aromatic heterocycles. The molecular weight excluding hydrogens is 290 g/mol. The maximum absolute atomic E-state index is 12.2. The van der Waals surface area contributed by atoms with Gasteiger partial charge in [-0.15, -0.1) is 0 Å². The molecule has 120 valence electrons. The summed E-state index contributed by atoms with van der Waals surface area (Å²) in [5, 5.41) is 4.55. The van der Waals surface area contributed by atoms with E-state index in [1.54, 1.807) is 14.1 Å². The highest BCUT2D eigenvalue weighted by molar-refractivity contribution is 6.06. The van der Waals surface area contributed by atoms with E-state index >= 15 is 0 Å². The van der Waals surface area contributed by atoms with Crippen LogP contribution in [0, 0.1) is 6.92 Å². The zero-order chi connectivity index (χ0) is 16.4. The zero-order valence-electron chi connectivity index (χ0n) is 13.7. The van der Waals surface area contributed by atoms with Crippen LogP contribution in [-0.2, 0) is 6.42 Å². The van der Waals surface area contributed by atoms with Crippen molar-refractivity contribution in [3.8, 4) is 0 Å². The van der Waals surface area contributed by atoms with Gasteiger partial charge in [-0.05, 0) is 31.9 Å². The number of fused-ring (bicyclic) bond motifs is 1. The molecule has 0 saturated heterocycles. The number of amides is 1. The fourth-order valence-corrected chi connectivity index (χ4v) is 2.83. The first-order valence-corrected chi connectivity index (χ1v) is 7.80. The number of carbonyl (C=O) groups excluding carboxylic acids is 1. The van der Waals surface area contributed by atoms with Gasteiger partial charge in [0.05, 0.1) is 11.4 Å². The minimum Gasteiger partial charge on any atom is -0.455 e. The van der Waals surface area contributed by atoms with Gasteiger partial charge in [-0.3, -0.25) is 10.2 Å². The number of nitrogens with one attached hydrogen (secondary N) is 1. The number of hydrogen-bond acceptors (Lipinski definition) is 4. The first-order chi connectivity index (χ1) is 11.1. The lowest BCUT2D eigenvalue weighted by Gasteiger charge is -2.13. The van der Waals surface area contributed by atoms with E-state index in [1.807, 2.05) is 37.3 Å². The summed E-state index contributed by atoms with van der Waals surface area (Å²) in [5.41, 5.74) is 6.86. The summed E-state index contributed by atoms with van der Waals surface area (Å²) in [6.07, 6.45) is 2.70. The summed E-state index contributed by atoms with van der Waals surface area (Å²) in [6, 6.07) is 9.84. The van der Waals surface area contributed by atoms with Crippen molar-refractivity contribution in [3.05, 3.63) is 53.0 Å². The summed E-state index contributed by atoms with van der Waals surface area (Å²) in [6.45, 7) is 1.93. The highest BCUT2D eigenvalue weighted by Gasteiger charge is 2.28. The Balaban J connectivity index is 1.94. The molecule has 1 aliphatic rings. The number of benzene rings is 1. The van der Waals surface area contributed by atoms with E-state index in [1.165, 1.54) is 4.90 Å². The molecule has 1 heterocycles. The zero-order valence-corrected chi connectivity index (χ0v) is 13.7. The fraction of sp³-hybridized carbons (Fsp3) is 0.333. The summed E-state index contributed by atoms with van der Waals surface area (Å²) < 4.78 is 5.84.